The molecule has 7 heteroatoms. The van der Waals surface area contributed by atoms with Crippen molar-refractivity contribution in [3.8, 4) is 6.07 Å². The lowest BCUT2D eigenvalue weighted by Crippen LogP contribution is -2.15. The van der Waals surface area contributed by atoms with Crippen LogP contribution in [-0.2, 0) is 16.6 Å². The number of sulfonamides is 1. The van der Waals surface area contributed by atoms with E-state index in [2.05, 4.69) is 15.0 Å². The predicted molar refractivity (Wildman–Crippen MR) is 79.0 cm³/mol. The Morgan fingerprint density at radius 2 is 2.10 bits per heavy atom. The van der Waals surface area contributed by atoms with E-state index in [1.54, 1.807) is 24.3 Å². The second-order valence-corrected chi connectivity index (χ2v) is 5.95. The molecule has 2 aromatic rings. The summed E-state index contributed by atoms with van der Waals surface area (Å²) in [4.78, 5) is 3.63. The van der Waals surface area contributed by atoms with Crippen molar-refractivity contribution < 1.29 is 8.42 Å². The number of pyridine rings is 1. The van der Waals surface area contributed by atoms with Crippen LogP contribution >= 0.6 is 0 Å². The highest BCUT2D eigenvalue weighted by Crippen LogP contribution is 2.18. The van der Waals surface area contributed by atoms with Crippen molar-refractivity contribution in [3.63, 3.8) is 0 Å². The minimum atomic E-state index is -3.84. The molecule has 1 aromatic carbocycles. The molecular weight excluding hydrogens is 288 g/mol. The average molecular weight is 302 g/mol. The van der Waals surface area contributed by atoms with Gasteiger partial charge in [0, 0.05) is 18.4 Å². The van der Waals surface area contributed by atoms with Crippen molar-refractivity contribution in [2.75, 3.05) is 11.8 Å². The lowest BCUT2D eigenvalue weighted by atomic mass is 10.2. The van der Waals surface area contributed by atoms with E-state index >= 15 is 0 Å². The molecular formula is C14H14N4O2S. The SMILES string of the molecule is CNCc1cccc(NS(=O)(=O)c2cccnc2C#N)c1. The van der Waals surface area contributed by atoms with Gasteiger partial charge in [0.25, 0.3) is 10.0 Å². The summed E-state index contributed by atoms with van der Waals surface area (Å²) >= 11 is 0. The van der Waals surface area contributed by atoms with Crippen LogP contribution in [0.5, 0.6) is 0 Å². The van der Waals surface area contributed by atoms with Crippen LogP contribution in [-0.4, -0.2) is 20.4 Å². The van der Waals surface area contributed by atoms with Crippen molar-refractivity contribution >= 4 is 15.7 Å². The van der Waals surface area contributed by atoms with Gasteiger partial charge in [-0.3, -0.25) is 4.72 Å². The Bertz CT molecular complexity index is 782. The van der Waals surface area contributed by atoms with Gasteiger partial charge in [-0.05, 0) is 36.9 Å². The van der Waals surface area contributed by atoms with Gasteiger partial charge in [-0.1, -0.05) is 12.1 Å². The lowest BCUT2D eigenvalue weighted by Gasteiger charge is -2.10. The molecule has 0 spiro atoms. The molecule has 0 saturated carbocycles. The second kappa shape index (κ2) is 6.35. The highest BCUT2D eigenvalue weighted by molar-refractivity contribution is 7.92. The first-order valence-corrected chi connectivity index (χ1v) is 7.66. The monoisotopic (exact) mass is 302 g/mol. The zero-order valence-electron chi connectivity index (χ0n) is 11.4. The van der Waals surface area contributed by atoms with E-state index in [1.165, 1.54) is 18.3 Å². The van der Waals surface area contributed by atoms with Crippen molar-refractivity contribution in [1.82, 2.24) is 10.3 Å². The smallest absolute Gasteiger partial charge is 0.264 e. The normalized spacial score (nSPS) is 10.9. The molecule has 2 rings (SSSR count). The van der Waals surface area contributed by atoms with E-state index < -0.39 is 10.0 Å². The van der Waals surface area contributed by atoms with Crippen LogP contribution in [0.1, 0.15) is 11.3 Å². The third kappa shape index (κ3) is 3.56. The van der Waals surface area contributed by atoms with Gasteiger partial charge in [0.2, 0.25) is 0 Å². The minimum Gasteiger partial charge on any atom is -0.316 e. The first-order valence-electron chi connectivity index (χ1n) is 6.18. The molecule has 0 atom stereocenters. The van der Waals surface area contributed by atoms with Crippen molar-refractivity contribution in [2.45, 2.75) is 11.4 Å². The fourth-order valence-electron chi connectivity index (χ4n) is 1.85. The Balaban J connectivity index is 2.34. The van der Waals surface area contributed by atoms with Crippen molar-refractivity contribution in [3.05, 3.63) is 53.9 Å². The third-order valence-corrected chi connectivity index (χ3v) is 4.14. The standard InChI is InChI=1S/C14H14N4O2S/c1-16-10-11-4-2-5-12(8-11)18-21(19,20)14-6-3-7-17-13(14)9-15/h2-8,16,18H,10H2,1H3. The topological polar surface area (TPSA) is 94.9 Å². The summed E-state index contributed by atoms with van der Waals surface area (Å²) in [6.45, 7) is 0.631. The largest absolute Gasteiger partial charge is 0.316 e. The van der Waals surface area contributed by atoms with E-state index in [9.17, 15) is 8.42 Å². The van der Waals surface area contributed by atoms with E-state index in [0.717, 1.165) is 5.56 Å². The summed E-state index contributed by atoms with van der Waals surface area (Å²) in [5, 5.41) is 11.9. The molecule has 2 N–H and O–H groups in total. The molecule has 0 aliphatic rings. The van der Waals surface area contributed by atoms with Crippen LogP contribution in [0.4, 0.5) is 5.69 Å². The number of nitrogens with one attached hydrogen (secondary N) is 2. The highest BCUT2D eigenvalue weighted by atomic mass is 32.2. The van der Waals surface area contributed by atoms with Crippen molar-refractivity contribution in [2.24, 2.45) is 0 Å². The molecule has 6 nitrogen and oxygen atoms in total. The van der Waals surface area contributed by atoms with Crippen LogP contribution in [0.15, 0.2) is 47.5 Å². The maximum atomic E-state index is 12.3. The number of aromatic nitrogens is 1. The van der Waals surface area contributed by atoms with Crippen LogP contribution in [0.2, 0.25) is 0 Å². The van der Waals surface area contributed by atoms with Gasteiger partial charge in [-0.2, -0.15) is 5.26 Å². The fraction of sp³-hybridized carbons (Fsp3) is 0.143. The summed E-state index contributed by atoms with van der Waals surface area (Å²) < 4.78 is 27.1. The van der Waals surface area contributed by atoms with E-state index in [-0.39, 0.29) is 10.6 Å². The molecule has 0 aliphatic carbocycles. The van der Waals surface area contributed by atoms with Crippen LogP contribution in [0.25, 0.3) is 0 Å². The number of hydrogen-bond acceptors (Lipinski definition) is 5. The first-order chi connectivity index (χ1) is 10.1. The molecule has 108 valence electrons. The molecule has 21 heavy (non-hydrogen) atoms. The van der Waals surface area contributed by atoms with Gasteiger partial charge in [0.05, 0.1) is 0 Å². The van der Waals surface area contributed by atoms with Crippen LogP contribution in [0, 0.1) is 11.3 Å². The Kier molecular flexibility index (Phi) is 4.52. The zero-order chi connectivity index (χ0) is 15.3. The maximum Gasteiger partial charge on any atom is 0.264 e. The number of rotatable bonds is 5. The van der Waals surface area contributed by atoms with E-state index in [4.69, 9.17) is 5.26 Å². The number of hydrogen-bond donors (Lipinski definition) is 2. The predicted octanol–water partition coefficient (Wildman–Crippen LogP) is 1.47. The quantitative estimate of drug-likeness (QED) is 0.872. The Morgan fingerprint density at radius 3 is 2.81 bits per heavy atom. The van der Waals surface area contributed by atoms with Gasteiger partial charge in [-0.25, -0.2) is 13.4 Å². The summed E-state index contributed by atoms with van der Waals surface area (Å²) in [6.07, 6.45) is 1.38. The Morgan fingerprint density at radius 1 is 1.29 bits per heavy atom. The van der Waals surface area contributed by atoms with Crippen LogP contribution < -0.4 is 10.0 Å². The van der Waals surface area contributed by atoms with Gasteiger partial charge < -0.3 is 5.32 Å². The number of nitrogens with zero attached hydrogens (tertiary/aromatic N) is 2. The summed E-state index contributed by atoms with van der Waals surface area (Å²) in [7, 11) is -2.03. The molecule has 1 aromatic heterocycles. The average Bonchev–Trinajstić information content (AvgIpc) is 2.47. The third-order valence-electron chi connectivity index (χ3n) is 2.73. The molecule has 0 saturated heterocycles. The lowest BCUT2D eigenvalue weighted by molar-refractivity contribution is 0.600. The van der Waals surface area contributed by atoms with Gasteiger partial charge >= 0.3 is 0 Å². The first kappa shape index (κ1) is 15.0. The fourth-order valence-corrected chi connectivity index (χ4v) is 3.01. The van der Waals surface area contributed by atoms with Gasteiger partial charge in [-0.15, -0.1) is 0 Å². The summed E-state index contributed by atoms with van der Waals surface area (Å²) in [5.74, 6) is 0. The minimum absolute atomic E-state index is 0.128. The molecule has 0 unspecified atom stereocenters. The summed E-state index contributed by atoms with van der Waals surface area (Å²) in [5.41, 5.74) is 1.26. The molecule has 0 fully saturated rings. The Labute approximate surface area is 123 Å². The van der Waals surface area contributed by atoms with Crippen molar-refractivity contribution in [1.29, 1.82) is 5.26 Å². The van der Waals surface area contributed by atoms with Gasteiger partial charge in [0.15, 0.2) is 5.69 Å². The zero-order valence-corrected chi connectivity index (χ0v) is 12.2. The second-order valence-electron chi connectivity index (χ2n) is 4.30. The summed E-state index contributed by atoms with van der Waals surface area (Å²) in [6, 6.07) is 11.6. The Hall–Kier alpha value is -2.43. The van der Waals surface area contributed by atoms with E-state index in [1.807, 2.05) is 13.1 Å². The number of benzene rings is 1. The maximum absolute atomic E-state index is 12.3. The number of nitriles is 1. The molecule has 0 radical (unpaired) electrons. The van der Waals surface area contributed by atoms with Gasteiger partial charge in [0.1, 0.15) is 11.0 Å². The molecule has 0 aliphatic heterocycles. The number of anilines is 1. The molecule has 0 amide bonds. The molecule has 1 heterocycles. The van der Waals surface area contributed by atoms with E-state index in [0.29, 0.717) is 12.2 Å². The van der Waals surface area contributed by atoms with Crippen LogP contribution in [0.3, 0.4) is 0 Å². The highest BCUT2D eigenvalue weighted by Gasteiger charge is 2.19. The molecule has 0 bridgehead atoms.